The van der Waals surface area contributed by atoms with Gasteiger partial charge in [-0.1, -0.05) is 72.3 Å². The molecule has 3 heterocycles. The Kier molecular flexibility index (Phi) is 5.68. The Hall–Kier alpha value is -4.97. The van der Waals surface area contributed by atoms with Crippen molar-refractivity contribution in [2.75, 3.05) is 12.4 Å². The van der Waals surface area contributed by atoms with Gasteiger partial charge in [0.05, 0.1) is 19.1 Å². The maximum Gasteiger partial charge on any atom is 0.238 e. The van der Waals surface area contributed by atoms with Gasteiger partial charge in [-0.25, -0.2) is 0 Å². The van der Waals surface area contributed by atoms with Crippen molar-refractivity contribution in [1.82, 2.24) is 4.90 Å². The molecular weight excluding hydrogens is 512 g/mol. The second-order valence-corrected chi connectivity index (χ2v) is 10.9. The average molecular weight is 541 g/mol. The van der Waals surface area contributed by atoms with E-state index >= 15 is 0 Å². The van der Waals surface area contributed by atoms with Crippen molar-refractivity contribution in [3.8, 4) is 5.75 Å². The van der Waals surface area contributed by atoms with Gasteiger partial charge in [-0.15, -0.1) is 0 Å². The molecule has 41 heavy (non-hydrogen) atoms. The van der Waals surface area contributed by atoms with Crippen molar-refractivity contribution in [3.05, 3.63) is 137 Å². The molecule has 0 unspecified atom stereocenters. The molecule has 4 aromatic rings. The van der Waals surface area contributed by atoms with Gasteiger partial charge in [0, 0.05) is 23.0 Å². The highest BCUT2D eigenvalue weighted by Gasteiger charge is 2.70. The number of ether oxygens (including phenoxy) is 1. The number of carbonyl (C=O) groups is 3. The van der Waals surface area contributed by atoms with Crippen molar-refractivity contribution in [3.63, 3.8) is 0 Å². The van der Waals surface area contributed by atoms with E-state index < -0.39 is 23.4 Å². The number of fused-ring (bicyclic) bond motifs is 6. The molecule has 0 aliphatic carbocycles. The molecule has 7 rings (SSSR count). The summed E-state index contributed by atoms with van der Waals surface area (Å²) >= 11 is 0. The highest BCUT2D eigenvalue weighted by atomic mass is 16.5. The van der Waals surface area contributed by atoms with Crippen LogP contribution in [0.1, 0.15) is 49.0 Å². The fourth-order valence-corrected chi connectivity index (χ4v) is 6.99. The van der Waals surface area contributed by atoms with Crippen LogP contribution in [0, 0.1) is 12.8 Å². The zero-order valence-corrected chi connectivity index (χ0v) is 22.7. The summed E-state index contributed by atoms with van der Waals surface area (Å²) in [5.74, 6) is -1.11. The van der Waals surface area contributed by atoms with Gasteiger partial charge in [-0.2, -0.15) is 0 Å². The molecule has 1 spiro atoms. The second kappa shape index (κ2) is 9.30. The van der Waals surface area contributed by atoms with Crippen LogP contribution in [-0.2, 0) is 10.2 Å². The average Bonchev–Trinajstić information content (AvgIpc) is 3.49. The number of benzene rings is 4. The summed E-state index contributed by atoms with van der Waals surface area (Å²) in [7, 11) is 1.57. The van der Waals surface area contributed by atoms with Gasteiger partial charge >= 0.3 is 0 Å². The van der Waals surface area contributed by atoms with Crippen LogP contribution >= 0.6 is 0 Å². The molecule has 202 valence electrons. The number of amides is 1. The first-order valence-electron chi connectivity index (χ1n) is 13.7. The van der Waals surface area contributed by atoms with Crippen LogP contribution in [0.25, 0.3) is 6.08 Å². The molecule has 3 aliphatic heterocycles. The summed E-state index contributed by atoms with van der Waals surface area (Å²) < 4.78 is 5.33. The Morgan fingerprint density at radius 1 is 0.829 bits per heavy atom. The molecule has 3 aliphatic rings. The van der Waals surface area contributed by atoms with E-state index in [0.717, 1.165) is 22.3 Å². The molecule has 1 fully saturated rings. The number of nitrogens with one attached hydrogen (secondary N) is 1. The number of Topliss-reactive ketones (excluding diaryl/α,β-unsaturated/α-hetero) is 2. The predicted octanol–water partition coefficient (Wildman–Crippen LogP) is 5.99. The third-order valence-electron chi connectivity index (χ3n) is 8.83. The number of hydrogen-bond acceptors (Lipinski definition) is 5. The molecular formula is C35H28N2O4. The largest absolute Gasteiger partial charge is 0.497 e. The minimum atomic E-state index is -1.35. The summed E-state index contributed by atoms with van der Waals surface area (Å²) in [5, 5.41) is 3.08. The molecule has 6 nitrogen and oxygen atoms in total. The standard InChI is InChI=1S/C35H28N2O4/c1-21-11-13-24(14-12-21)32(39)30-29(31(38)23-15-17-25(41-2)18-16-23)35(27-9-5-6-10-28(27)36-34(35)40)33-26-8-4-3-7-22(26)19-20-37(30)33/h3-20,29-30,33H,1-2H3,(H,36,40)/t29-,30-,33+,35+/m0/s1. The molecule has 0 saturated carbocycles. The van der Waals surface area contributed by atoms with E-state index in [1.807, 2.05) is 84.8 Å². The number of rotatable bonds is 5. The van der Waals surface area contributed by atoms with Crippen molar-refractivity contribution in [2.45, 2.75) is 24.4 Å². The van der Waals surface area contributed by atoms with Gasteiger partial charge in [-0.3, -0.25) is 14.4 Å². The number of hydrogen-bond donors (Lipinski definition) is 1. The van der Waals surface area contributed by atoms with Crippen LogP contribution in [0.5, 0.6) is 5.75 Å². The Morgan fingerprint density at radius 3 is 2.24 bits per heavy atom. The minimum absolute atomic E-state index is 0.194. The van der Waals surface area contributed by atoms with Gasteiger partial charge in [0.1, 0.15) is 17.2 Å². The lowest BCUT2D eigenvalue weighted by atomic mass is 9.62. The van der Waals surface area contributed by atoms with Crippen molar-refractivity contribution >= 4 is 29.2 Å². The summed E-state index contributed by atoms with van der Waals surface area (Å²) in [6.45, 7) is 1.97. The third-order valence-corrected chi connectivity index (χ3v) is 8.83. The van der Waals surface area contributed by atoms with Gasteiger partial charge in [0.2, 0.25) is 5.91 Å². The minimum Gasteiger partial charge on any atom is -0.497 e. The molecule has 0 bridgehead atoms. The molecule has 0 aromatic heterocycles. The van der Waals surface area contributed by atoms with Crippen LogP contribution in [0.15, 0.2) is 103 Å². The predicted molar refractivity (Wildman–Crippen MR) is 157 cm³/mol. The van der Waals surface area contributed by atoms with Gasteiger partial charge in [-0.05, 0) is 60.0 Å². The number of nitrogens with zero attached hydrogens (tertiary/aromatic N) is 1. The SMILES string of the molecule is COc1ccc(C(=O)[C@@H]2[C@@H](C(=O)c3ccc(C)cc3)N3C=Cc4ccccc4[C@@H]3[C@]23C(=O)Nc2ccccc23)cc1. The van der Waals surface area contributed by atoms with E-state index in [0.29, 0.717) is 22.6 Å². The van der Waals surface area contributed by atoms with Gasteiger partial charge < -0.3 is 15.0 Å². The number of aryl methyl sites for hydroxylation is 1. The smallest absolute Gasteiger partial charge is 0.238 e. The summed E-state index contributed by atoms with van der Waals surface area (Å²) in [5.41, 5.74) is 3.88. The fraction of sp³-hybridized carbons (Fsp3) is 0.171. The molecule has 1 amide bonds. The second-order valence-electron chi connectivity index (χ2n) is 10.9. The van der Waals surface area contributed by atoms with Crippen LogP contribution in [-0.4, -0.2) is 35.5 Å². The molecule has 1 N–H and O–H groups in total. The van der Waals surface area contributed by atoms with Crippen LogP contribution in [0.2, 0.25) is 0 Å². The molecule has 1 saturated heterocycles. The maximum absolute atomic E-state index is 14.8. The Morgan fingerprint density at radius 2 is 1.49 bits per heavy atom. The number of methoxy groups -OCH3 is 1. The van der Waals surface area contributed by atoms with Crippen molar-refractivity contribution in [2.24, 2.45) is 5.92 Å². The topological polar surface area (TPSA) is 75.7 Å². The number of anilines is 1. The zero-order valence-electron chi connectivity index (χ0n) is 22.7. The monoisotopic (exact) mass is 540 g/mol. The highest BCUT2D eigenvalue weighted by molar-refractivity contribution is 6.16. The fourth-order valence-electron chi connectivity index (χ4n) is 6.99. The summed E-state index contributed by atoms with van der Waals surface area (Å²) in [6, 6.07) is 28.2. The maximum atomic E-state index is 14.8. The Labute approximate surface area is 238 Å². The molecule has 4 aromatic carbocycles. The number of para-hydroxylation sites is 1. The van der Waals surface area contributed by atoms with E-state index in [1.165, 1.54) is 0 Å². The van der Waals surface area contributed by atoms with E-state index in [1.54, 1.807) is 43.5 Å². The quantitative estimate of drug-likeness (QED) is 0.315. The Bertz CT molecular complexity index is 1740. The first kappa shape index (κ1) is 25.0. The van der Waals surface area contributed by atoms with E-state index in [4.69, 9.17) is 4.74 Å². The van der Waals surface area contributed by atoms with E-state index in [-0.39, 0.29) is 17.5 Å². The molecule has 4 atom stereocenters. The highest BCUT2D eigenvalue weighted by Crippen LogP contribution is 2.62. The van der Waals surface area contributed by atoms with Crippen LogP contribution in [0.3, 0.4) is 0 Å². The van der Waals surface area contributed by atoms with E-state index in [2.05, 4.69) is 5.32 Å². The first-order valence-corrected chi connectivity index (χ1v) is 13.7. The zero-order chi connectivity index (χ0) is 28.3. The lowest BCUT2D eigenvalue weighted by molar-refractivity contribution is -0.122. The van der Waals surface area contributed by atoms with Crippen LogP contribution < -0.4 is 10.1 Å². The first-order chi connectivity index (χ1) is 19.9. The summed E-state index contributed by atoms with van der Waals surface area (Å²) in [4.78, 5) is 45.8. The lowest BCUT2D eigenvalue weighted by Crippen LogP contribution is -2.49. The normalized spacial score (nSPS) is 23.5. The lowest BCUT2D eigenvalue weighted by Gasteiger charge is -2.38. The molecule has 6 heteroatoms. The third kappa shape index (κ3) is 3.53. The summed E-state index contributed by atoms with van der Waals surface area (Å²) in [6.07, 6.45) is 3.86. The van der Waals surface area contributed by atoms with Crippen molar-refractivity contribution in [1.29, 1.82) is 0 Å². The number of ketones is 2. The molecule has 0 radical (unpaired) electrons. The van der Waals surface area contributed by atoms with E-state index in [9.17, 15) is 14.4 Å². The Balaban J connectivity index is 1.52. The van der Waals surface area contributed by atoms with Gasteiger partial charge in [0.15, 0.2) is 11.6 Å². The van der Waals surface area contributed by atoms with Crippen molar-refractivity contribution < 1.29 is 19.1 Å². The number of carbonyl (C=O) groups excluding carboxylic acids is 3. The van der Waals surface area contributed by atoms with Crippen LogP contribution in [0.4, 0.5) is 5.69 Å². The van der Waals surface area contributed by atoms with Gasteiger partial charge in [0.25, 0.3) is 0 Å².